The van der Waals surface area contributed by atoms with E-state index in [9.17, 15) is 4.39 Å². The average molecular weight is 309 g/mol. The van der Waals surface area contributed by atoms with Crippen LogP contribution >= 0.6 is 11.6 Å². The lowest BCUT2D eigenvalue weighted by Crippen LogP contribution is -2.31. The second-order valence-electron chi connectivity index (χ2n) is 7.06. The van der Waals surface area contributed by atoms with Gasteiger partial charge in [-0.2, -0.15) is 5.26 Å². The minimum Gasteiger partial charge on any atom is -0.313 e. The number of hydrogen-bond acceptors (Lipinski definition) is 2. The third-order valence-electron chi connectivity index (χ3n) is 4.17. The van der Waals surface area contributed by atoms with Crippen LogP contribution in [-0.4, -0.2) is 12.6 Å². The molecule has 2 rings (SSSR count). The van der Waals surface area contributed by atoms with Crippen LogP contribution < -0.4 is 5.32 Å². The van der Waals surface area contributed by atoms with Gasteiger partial charge in [0.2, 0.25) is 0 Å². The minimum absolute atomic E-state index is 0.00991. The van der Waals surface area contributed by atoms with Crippen LogP contribution in [0.25, 0.3) is 0 Å². The Morgan fingerprint density at radius 1 is 1.43 bits per heavy atom. The van der Waals surface area contributed by atoms with Crippen LogP contribution in [-0.2, 0) is 0 Å². The van der Waals surface area contributed by atoms with E-state index >= 15 is 0 Å². The van der Waals surface area contributed by atoms with E-state index in [0.717, 1.165) is 6.42 Å². The summed E-state index contributed by atoms with van der Waals surface area (Å²) in [6.45, 7) is 7.26. The maximum atomic E-state index is 14.3. The molecular formula is C17H22ClFN2. The highest BCUT2D eigenvalue weighted by Gasteiger charge is 2.39. The van der Waals surface area contributed by atoms with Crippen LogP contribution in [0.1, 0.15) is 45.1 Å². The Hall–Kier alpha value is -1.11. The second-order valence-corrected chi connectivity index (χ2v) is 7.46. The summed E-state index contributed by atoms with van der Waals surface area (Å²) in [7, 11) is 0. The zero-order chi connectivity index (χ0) is 15.6. The number of nitrogens with one attached hydrogen (secondary N) is 1. The third kappa shape index (κ3) is 3.75. The third-order valence-corrected chi connectivity index (χ3v) is 4.47. The highest BCUT2D eigenvalue weighted by Crippen LogP contribution is 2.40. The Balaban J connectivity index is 2.28. The Labute approximate surface area is 131 Å². The normalized spacial score (nSPS) is 25.8. The van der Waals surface area contributed by atoms with Gasteiger partial charge in [-0.25, -0.2) is 4.39 Å². The van der Waals surface area contributed by atoms with Crippen molar-refractivity contribution in [2.45, 2.75) is 45.6 Å². The van der Waals surface area contributed by atoms with Crippen LogP contribution in [0.3, 0.4) is 0 Å². The molecule has 114 valence electrons. The summed E-state index contributed by atoms with van der Waals surface area (Å²) >= 11 is 5.90. The molecule has 3 unspecified atom stereocenters. The van der Waals surface area contributed by atoms with Gasteiger partial charge in [0.05, 0.1) is 11.1 Å². The highest BCUT2D eigenvalue weighted by atomic mass is 35.5. The van der Waals surface area contributed by atoms with Gasteiger partial charge in [-0.15, -0.1) is 0 Å². The van der Waals surface area contributed by atoms with Crippen LogP contribution in [0.15, 0.2) is 18.2 Å². The van der Waals surface area contributed by atoms with E-state index in [4.69, 9.17) is 16.9 Å². The average Bonchev–Trinajstić information content (AvgIpc) is 2.74. The van der Waals surface area contributed by atoms with E-state index < -0.39 is 0 Å². The van der Waals surface area contributed by atoms with E-state index in [1.54, 1.807) is 18.2 Å². The lowest BCUT2D eigenvalue weighted by atomic mass is 9.77. The number of hydrogen-bond donors (Lipinski definition) is 1. The Morgan fingerprint density at radius 3 is 2.76 bits per heavy atom. The number of nitrogens with zero attached hydrogens (tertiary/aromatic N) is 1. The smallest absolute Gasteiger partial charge is 0.145 e. The van der Waals surface area contributed by atoms with Crippen molar-refractivity contribution < 1.29 is 4.39 Å². The van der Waals surface area contributed by atoms with E-state index in [0.29, 0.717) is 18.5 Å². The molecule has 0 spiro atoms. The fourth-order valence-electron chi connectivity index (χ4n) is 3.28. The van der Waals surface area contributed by atoms with Crippen LogP contribution in [0.5, 0.6) is 0 Å². The molecule has 1 aliphatic rings. The second kappa shape index (κ2) is 6.34. The summed E-state index contributed by atoms with van der Waals surface area (Å²) in [5, 5.41) is 12.8. The van der Waals surface area contributed by atoms with Gasteiger partial charge in [0.25, 0.3) is 0 Å². The Kier molecular flexibility index (Phi) is 4.91. The van der Waals surface area contributed by atoms with Crippen molar-refractivity contribution in [1.29, 1.82) is 5.26 Å². The molecule has 2 nitrogen and oxygen atoms in total. The van der Waals surface area contributed by atoms with Crippen molar-refractivity contribution in [3.05, 3.63) is 34.6 Å². The van der Waals surface area contributed by atoms with Crippen LogP contribution in [0.2, 0.25) is 5.02 Å². The van der Waals surface area contributed by atoms with Crippen molar-refractivity contribution in [2.75, 3.05) is 6.54 Å². The maximum Gasteiger partial charge on any atom is 0.145 e. The molecule has 1 aromatic carbocycles. The molecule has 1 heterocycles. The van der Waals surface area contributed by atoms with Crippen molar-refractivity contribution in [3.63, 3.8) is 0 Å². The molecule has 3 atom stereocenters. The van der Waals surface area contributed by atoms with Crippen molar-refractivity contribution in [3.8, 4) is 6.07 Å². The molecule has 0 radical (unpaired) electrons. The van der Waals surface area contributed by atoms with Crippen molar-refractivity contribution in [1.82, 2.24) is 5.32 Å². The molecule has 1 N–H and O–H groups in total. The number of benzene rings is 1. The van der Waals surface area contributed by atoms with Gasteiger partial charge < -0.3 is 5.32 Å². The fraction of sp³-hybridized carbons (Fsp3) is 0.588. The predicted molar refractivity (Wildman–Crippen MR) is 83.7 cm³/mol. The summed E-state index contributed by atoms with van der Waals surface area (Å²) < 4.78 is 14.3. The molecule has 0 bridgehead atoms. The molecule has 21 heavy (non-hydrogen) atoms. The molecule has 0 amide bonds. The van der Waals surface area contributed by atoms with E-state index in [-0.39, 0.29) is 34.1 Å². The molecule has 0 saturated carbocycles. The zero-order valence-electron chi connectivity index (χ0n) is 12.8. The topological polar surface area (TPSA) is 35.8 Å². The largest absolute Gasteiger partial charge is 0.313 e. The summed E-state index contributed by atoms with van der Waals surface area (Å²) in [6, 6.07) is 7.64. The predicted octanol–water partition coefficient (Wildman–Crippen LogP) is 4.50. The highest BCUT2D eigenvalue weighted by molar-refractivity contribution is 6.30. The Bertz CT molecular complexity index is 545. The lowest BCUT2D eigenvalue weighted by molar-refractivity contribution is 0.281. The first-order valence-electron chi connectivity index (χ1n) is 7.38. The SMILES string of the molecule is CC(C)(C)CC1NCC(c2cccc(Cl)c2F)C1CC#N. The van der Waals surface area contributed by atoms with Gasteiger partial charge in [-0.3, -0.25) is 0 Å². The first kappa shape index (κ1) is 16.3. The van der Waals surface area contributed by atoms with Crippen molar-refractivity contribution in [2.24, 2.45) is 11.3 Å². The van der Waals surface area contributed by atoms with Gasteiger partial charge >= 0.3 is 0 Å². The standard InChI is InChI=1S/C17H22ClFN2/c1-17(2,3)9-15-11(7-8-20)13(10-21-15)12-5-4-6-14(18)16(12)19/h4-6,11,13,15,21H,7,9-10H2,1-3H3. The van der Waals surface area contributed by atoms with Gasteiger partial charge in [0, 0.05) is 24.9 Å². The molecule has 0 aliphatic carbocycles. The summed E-state index contributed by atoms with van der Waals surface area (Å²) in [5.74, 6) is -0.205. The summed E-state index contributed by atoms with van der Waals surface area (Å²) in [5.41, 5.74) is 0.805. The van der Waals surface area contributed by atoms with E-state index in [1.165, 1.54) is 0 Å². The molecule has 0 aromatic heterocycles. The number of nitriles is 1. The first-order chi connectivity index (χ1) is 9.83. The number of halogens is 2. The Morgan fingerprint density at radius 2 is 2.14 bits per heavy atom. The summed E-state index contributed by atoms with van der Waals surface area (Å²) in [4.78, 5) is 0. The molecule has 1 fully saturated rings. The van der Waals surface area contributed by atoms with Crippen molar-refractivity contribution >= 4 is 11.6 Å². The fourth-order valence-corrected chi connectivity index (χ4v) is 3.46. The molecule has 4 heteroatoms. The van der Waals surface area contributed by atoms with Gasteiger partial charge in [-0.1, -0.05) is 44.5 Å². The molecule has 1 aromatic rings. The van der Waals surface area contributed by atoms with Crippen LogP contribution in [0.4, 0.5) is 4.39 Å². The minimum atomic E-state index is -0.342. The monoisotopic (exact) mass is 308 g/mol. The zero-order valence-corrected chi connectivity index (χ0v) is 13.5. The first-order valence-corrected chi connectivity index (χ1v) is 7.75. The molecule has 1 aliphatic heterocycles. The van der Waals surface area contributed by atoms with E-state index in [2.05, 4.69) is 32.2 Å². The molecular weight excluding hydrogens is 287 g/mol. The van der Waals surface area contributed by atoms with Crippen LogP contribution in [0, 0.1) is 28.5 Å². The lowest BCUT2D eigenvalue weighted by Gasteiger charge is -2.28. The van der Waals surface area contributed by atoms with Gasteiger partial charge in [-0.05, 0) is 29.4 Å². The number of rotatable bonds is 3. The molecule has 1 saturated heterocycles. The van der Waals surface area contributed by atoms with Gasteiger partial charge in [0.1, 0.15) is 5.82 Å². The summed E-state index contributed by atoms with van der Waals surface area (Å²) in [6.07, 6.45) is 1.41. The maximum absolute atomic E-state index is 14.3. The quantitative estimate of drug-likeness (QED) is 0.892. The van der Waals surface area contributed by atoms with E-state index in [1.807, 2.05) is 0 Å². The van der Waals surface area contributed by atoms with Gasteiger partial charge in [0.15, 0.2) is 0 Å².